The molecule has 1 atom stereocenters. The second-order valence-electron chi connectivity index (χ2n) is 6.59. The Morgan fingerprint density at radius 2 is 1.73 bits per heavy atom. The molecule has 0 aliphatic carbocycles. The Labute approximate surface area is 151 Å². The van der Waals surface area contributed by atoms with Gasteiger partial charge in [-0.3, -0.25) is 9.59 Å². The molecule has 6 heteroatoms. The number of aryl methyl sites for hydroxylation is 1. The summed E-state index contributed by atoms with van der Waals surface area (Å²) in [5, 5.41) is 5.26. The zero-order valence-electron chi connectivity index (χ0n) is 15.0. The van der Waals surface area contributed by atoms with Gasteiger partial charge in [0.15, 0.2) is 11.6 Å². The van der Waals surface area contributed by atoms with E-state index in [2.05, 4.69) is 10.6 Å². The molecule has 2 N–H and O–H groups in total. The number of carbonyl (C=O) groups is 2. The minimum atomic E-state index is -1.05. The van der Waals surface area contributed by atoms with Crippen LogP contribution in [0.3, 0.4) is 0 Å². The maximum absolute atomic E-state index is 13.3. The molecule has 0 bridgehead atoms. The fourth-order valence-corrected chi connectivity index (χ4v) is 2.57. The molecular formula is C20H22F2N2O2. The van der Waals surface area contributed by atoms with Crippen LogP contribution in [0.1, 0.15) is 36.2 Å². The molecule has 2 amide bonds. The third kappa shape index (κ3) is 5.12. The van der Waals surface area contributed by atoms with Crippen molar-refractivity contribution in [1.29, 1.82) is 0 Å². The Kier molecular flexibility index (Phi) is 6.44. The average Bonchev–Trinajstić information content (AvgIpc) is 2.57. The zero-order valence-corrected chi connectivity index (χ0v) is 15.0. The van der Waals surface area contributed by atoms with Crippen molar-refractivity contribution in [1.82, 2.24) is 5.32 Å². The SMILES string of the molecule is Cc1ccccc1C(=O)N[C@H](CC(C)C)C(=O)Nc1ccc(F)c(F)c1. The van der Waals surface area contributed by atoms with Crippen LogP contribution >= 0.6 is 0 Å². The Bertz CT molecular complexity index is 806. The largest absolute Gasteiger partial charge is 0.340 e. The van der Waals surface area contributed by atoms with Gasteiger partial charge in [0, 0.05) is 17.3 Å². The molecule has 0 saturated carbocycles. The summed E-state index contributed by atoms with van der Waals surface area (Å²) in [6.07, 6.45) is 0.410. The van der Waals surface area contributed by atoms with Gasteiger partial charge in [0.25, 0.3) is 5.91 Å². The van der Waals surface area contributed by atoms with Crippen LogP contribution in [-0.2, 0) is 4.79 Å². The lowest BCUT2D eigenvalue weighted by molar-refractivity contribution is -0.118. The van der Waals surface area contributed by atoms with E-state index in [4.69, 9.17) is 0 Å². The molecule has 0 saturated heterocycles. The van der Waals surface area contributed by atoms with E-state index in [0.29, 0.717) is 12.0 Å². The van der Waals surface area contributed by atoms with Crippen LogP contribution < -0.4 is 10.6 Å². The molecular weight excluding hydrogens is 338 g/mol. The molecule has 0 spiro atoms. The van der Waals surface area contributed by atoms with Crippen LogP contribution in [-0.4, -0.2) is 17.9 Å². The number of anilines is 1. The molecule has 2 aromatic rings. The van der Waals surface area contributed by atoms with Gasteiger partial charge < -0.3 is 10.6 Å². The lowest BCUT2D eigenvalue weighted by Crippen LogP contribution is -2.44. The van der Waals surface area contributed by atoms with Crippen LogP contribution in [0.15, 0.2) is 42.5 Å². The number of rotatable bonds is 6. The number of halogens is 2. The molecule has 26 heavy (non-hydrogen) atoms. The van der Waals surface area contributed by atoms with E-state index >= 15 is 0 Å². The van der Waals surface area contributed by atoms with Gasteiger partial charge in [0.1, 0.15) is 6.04 Å². The summed E-state index contributed by atoms with van der Waals surface area (Å²) in [4.78, 5) is 25.1. The van der Waals surface area contributed by atoms with Gasteiger partial charge in [-0.1, -0.05) is 32.0 Å². The van der Waals surface area contributed by atoms with Crippen LogP contribution in [0.4, 0.5) is 14.5 Å². The first-order chi connectivity index (χ1) is 12.3. The summed E-state index contributed by atoms with van der Waals surface area (Å²) in [6, 6.07) is 9.39. The number of hydrogen-bond donors (Lipinski definition) is 2. The molecule has 0 heterocycles. The predicted octanol–water partition coefficient (Wildman–Crippen LogP) is 4.06. The first-order valence-electron chi connectivity index (χ1n) is 8.40. The highest BCUT2D eigenvalue weighted by Crippen LogP contribution is 2.15. The quantitative estimate of drug-likeness (QED) is 0.816. The fraction of sp³-hybridized carbons (Fsp3) is 0.300. The van der Waals surface area contributed by atoms with Crippen molar-refractivity contribution in [2.24, 2.45) is 5.92 Å². The van der Waals surface area contributed by atoms with Gasteiger partial charge in [-0.05, 0) is 43.0 Å². The Morgan fingerprint density at radius 3 is 2.35 bits per heavy atom. The molecule has 2 aromatic carbocycles. The lowest BCUT2D eigenvalue weighted by atomic mass is 10.0. The van der Waals surface area contributed by atoms with Crippen molar-refractivity contribution in [2.45, 2.75) is 33.2 Å². The van der Waals surface area contributed by atoms with Crippen molar-refractivity contribution in [2.75, 3.05) is 5.32 Å². The first kappa shape index (κ1) is 19.6. The van der Waals surface area contributed by atoms with E-state index < -0.39 is 23.6 Å². The monoisotopic (exact) mass is 360 g/mol. The van der Waals surface area contributed by atoms with Crippen molar-refractivity contribution < 1.29 is 18.4 Å². The van der Waals surface area contributed by atoms with E-state index in [0.717, 1.165) is 17.7 Å². The smallest absolute Gasteiger partial charge is 0.252 e. The van der Waals surface area contributed by atoms with Crippen molar-refractivity contribution in [3.05, 3.63) is 65.2 Å². The maximum Gasteiger partial charge on any atom is 0.252 e. The van der Waals surface area contributed by atoms with Crippen LogP contribution in [0, 0.1) is 24.5 Å². The summed E-state index contributed by atoms with van der Waals surface area (Å²) in [7, 11) is 0. The average molecular weight is 360 g/mol. The Hall–Kier alpha value is -2.76. The molecule has 0 aliphatic heterocycles. The van der Waals surface area contributed by atoms with Crippen LogP contribution in [0.25, 0.3) is 0 Å². The topological polar surface area (TPSA) is 58.2 Å². The second-order valence-corrected chi connectivity index (χ2v) is 6.59. The number of hydrogen-bond acceptors (Lipinski definition) is 2. The summed E-state index contributed by atoms with van der Waals surface area (Å²) >= 11 is 0. The molecule has 0 radical (unpaired) electrons. The highest BCUT2D eigenvalue weighted by molar-refractivity contribution is 6.01. The summed E-state index contributed by atoms with van der Waals surface area (Å²) < 4.78 is 26.3. The fourth-order valence-electron chi connectivity index (χ4n) is 2.57. The third-order valence-electron chi connectivity index (χ3n) is 3.91. The molecule has 4 nitrogen and oxygen atoms in total. The summed E-state index contributed by atoms with van der Waals surface area (Å²) in [6.45, 7) is 5.67. The summed E-state index contributed by atoms with van der Waals surface area (Å²) in [5.41, 5.74) is 1.42. The van der Waals surface area contributed by atoms with Crippen LogP contribution in [0.5, 0.6) is 0 Å². The number of nitrogens with one attached hydrogen (secondary N) is 2. The molecule has 0 fully saturated rings. The van der Waals surface area contributed by atoms with Crippen molar-refractivity contribution in [3.63, 3.8) is 0 Å². The highest BCUT2D eigenvalue weighted by atomic mass is 19.2. The molecule has 138 valence electrons. The predicted molar refractivity (Wildman–Crippen MR) is 96.9 cm³/mol. The van der Waals surface area contributed by atoms with Gasteiger partial charge >= 0.3 is 0 Å². The van der Waals surface area contributed by atoms with Gasteiger partial charge in [0.05, 0.1) is 0 Å². The van der Waals surface area contributed by atoms with Crippen LogP contribution in [0.2, 0.25) is 0 Å². The second kappa shape index (κ2) is 8.56. The van der Waals surface area contributed by atoms with Gasteiger partial charge in [-0.15, -0.1) is 0 Å². The normalized spacial score (nSPS) is 11.9. The Balaban J connectivity index is 2.15. The highest BCUT2D eigenvalue weighted by Gasteiger charge is 2.23. The van der Waals surface area contributed by atoms with Gasteiger partial charge in [-0.2, -0.15) is 0 Å². The van der Waals surface area contributed by atoms with Gasteiger partial charge in [0.2, 0.25) is 5.91 Å². The lowest BCUT2D eigenvalue weighted by Gasteiger charge is -2.21. The number of carbonyl (C=O) groups excluding carboxylic acids is 2. The van der Waals surface area contributed by atoms with Crippen molar-refractivity contribution >= 4 is 17.5 Å². The van der Waals surface area contributed by atoms with E-state index in [1.807, 2.05) is 32.9 Å². The Morgan fingerprint density at radius 1 is 1.04 bits per heavy atom. The number of amides is 2. The minimum absolute atomic E-state index is 0.132. The first-order valence-corrected chi connectivity index (χ1v) is 8.40. The van der Waals surface area contributed by atoms with Gasteiger partial charge in [-0.25, -0.2) is 8.78 Å². The standard InChI is InChI=1S/C20H22F2N2O2/c1-12(2)10-18(24-19(25)15-7-5-4-6-13(15)3)20(26)23-14-8-9-16(21)17(22)11-14/h4-9,11-12,18H,10H2,1-3H3,(H,23,26)(H,24,25)/t18-/m1/s1. The molecule has 2 rings (SSSR count). The maximum atomic E-state index is 13.3. The van der Waals surface area contributed by atoms with E-state index in [1.165, 1.54) is 6.07 Å². The third-order valence-corrected chi connectivity index (χ3v) is 3.91. The molecule has 0 aromatic heterocycles. The molecule has 0 aliphatic rings. The molecule has 0 unspecified atom stereocenters. The van der Waals surface area contributed by atoms with E-state index in [-0.39, 0.29) is 17.5 Å². The number of benzene rings is 2. The van der Waals surface area contributed by atoms with E-state index in [1.54, 1.807) is 12.1 Å². The minimum Gasteiger partial charge on any atom is -0.340 e. The zero-order chi connectivity index (χ0) is 19.3. The van der Waals surface area contributed by atoms with E-state index in [9.17, 15) is 18.4 Å². The van der Waals surface area contributed by atoms with Crippen molar-refractivity contribution in [3.8, 4) is 0 Å². The summed E-state index contributed by atoms with van der Waals surface area (Å²) in [5.74, 6) is -2.73.